The van der Waals surface area contributed by atoms with E-state index in [0.29, 0.717) is 35.4 Å². The molecule has 6 heteroatoms. The summed E-state index contributed by atoms with van der Waals surface area (Å²) in [5, 5.41) is 3.17. The molecule has 0 bridgehead atoms. The molecule has 2 atom stereocenters. The summed E-state index contributed by atoms with van der Waals surface area (Å²) in [6.07, 6.45) is 6.42. The fourth-order valence-electron chi connectivity index (χ4n) is 3.86. The zero-order valence-corrected chi connectivity index (χ0v) is 16.7. The number of fused-ring (bicyclic) bond motifs is 1. The Morgan fingerprint density at radius 2 is 1.78 bits per heavy atom. The number of nitrogens with one attached hydrogen (secondary N) is 1. The summed E-state index contributed by atoms with van der Waals surface area (Å²) in [5.41, 5.74) is 1.01. The molecule has 3 amide bonds. The molecule has 0 unspecified atom stereocenters. The number of hydrogen-bond acceptors (Lipinski definition) is 4. The summed E-state index contributed by atoms with van der Waals surface area (Å²) >= 11 is 1.62. The minimum Gasteiger partial charge on any atom is -0.352 e. The predicted molar refractivity (Wildman–Crippen MR) is 108 cm³/mol. The van der Waals surface area contributed by atoms with Crippen LogP contribution in [0.1, 0.15) is 66.2 Å². The molecule has 1 aromatic carbocycles. The highest BCUT2D eigenvalue weighted by Crippen LogP contribution is 2.24. The third-order valence-electron chi connectivity index (χ3n) is 5.49. The van der Waals surface area contributed by atoms with Crippen molar-refractivity contribution in [3.63, 3.8) is 0 Å². The molecule has 5 nitrogen and oxygen atoms in total. The maximum atomic E-state index is 12.3. The quantitative estimate of drug-likeness (QED) is 0.547. The second kappa shape index (κ2) is 9.40. The van der Waals surface area contributed by atoms with E-state index in [1.807, 2.05) is 0 Å². The van der Waals surface area contributed by atoms with E-state index in [4.69, 9.17) is 0 Å². The van der Waals surface area contributed by atoms with Crippen LogP contribution in [0.5, 0.6) is 0 Å². The van der Waals surface area contributed by atoms with Gasteiger partial charge in [-0.05, 0) is 49.5 Å². The molecule has 1 aliphatic carbocycles. The van der Waals surface area contributed by atoms with Crippen molar-refractivity contribution >= 4 is 29.5 Å². The van der Waals surface area contributed by atoms with Crippen LogP contribution in [0.15, 0.2) is 24.3 Å². The zero-order valence-electron chi connectivity index (χ0n) is 15.9. The monoisotopic (exact) mass is 388 g/mol. The van der Waals surface area contributed by atoms with Crippen molar-refractivity contribution < 1.29 is 14.4 Å². The van der Waals surface area contributed by atoms with E-state index >= 15 is 0 Å². The fraction of sp³-hybridized carbons (Fsp3) is 0.571. The number of carbonyl (C=O) groups is 3. The van der Waals surface area contributed by atoms with Gasteiger partial charge < -0.3 is 5.32 Å². The number of imide groups is 1. The molecule has 2 aliphatic rings. The van der Waals surface area contributed by atoms with Crippen molar-refractivity contribution in [3.05, 3.63) is 35.4 Å². The topological polar surface area (TPSA) is 66.5 Å². The van der Waals surface area contributed by atoms with Crippen LogP contribution in [-0.2, 0) is 4.79 Å². The first-order valence-corrected chi connectivity index (χ1v) is 11.1. The molecule has 0 spiro atoms. The smallest absolute Gasteiger partial charge is 0.261 e. The van der Waals surface area contributed by atoms with Gasteiger partial charge in [0.1, 0.15) is 0 Å². The van der Waals surface area contributed by atoms with Crippen molar-refractivity contribution in [2.45, 2.75) is 51.5 Å². The molecule has 27 heavy (non-hydrogen) atoms. The summed E-state index contributed by atoms with van der Waals surface area (Å²) in [4.78, 5) is 38.0. The van der Waals surface area contributed by atoms with E-state index < -0.39 is 0 Å². The van der Waals surface area contributed by atoms with E-state index in [1.165, 1.54) is 24.2 Å². The Kier molecular flexibility index (Phi) is 6.94. The number of nitrogens with zero attached hydrogens (tertiary/aromatic N) is 1. The SMILES string of the molecule is C[C@@H]1CCCC[C@H]1NC(=O)CSCCCCN1C(=O)c2ccccc2C1=O. The average molecular weight is 389 g/mol. The predicted octanol–water partition coefficient (Wildman–Crippen LogP) is 3.49. The van der Waals surface area contributed by atoms with Gasteiger partial charge in [0, 0.05) is 12.6 Å². The molecule has 1 aliphatic heterocycles. The highest BCUT2D eigenvalue weighted by molar-refractivity contribution is 7.99. The van der Waals surface area contributed by atoms with E-state index in [9.17, 15) is 14.4 Å². The number of amides is 3. The number of benzene rings is 1. The molecule has 3 rings (SSSR count). The maximum Gasteiger partial charge on any atom is 0.261 e. The van der Waals surface area contributed by atoms with Crippen molar-refractivity contribution in [1.82, 2.24) is 10.2 Å². The lowest BCUT2D eigenvalue weighted by Crippen LogP contribution is -2.41. The van der Waals surface area contributed by atoms with Gasteiger partial charge in [-0.1, -0.05) is 31.9 Å². The summed E-state index contributed by atoms with van der Waals surface area (Å²) < 4.78 is 0. The van der Waals surface area contributed by atoms with Crippen molar-refractivity contribution in [3.8, 4) is 0 Å². The lowest BCUT2D eigenvalue weighted by atomic mass is 9.86. The van der Waals surface area contributed by atoms with Gasteiger partial charge >= 0.3 is 0 Å². The Morgan fingerprint density at radius 3 is 2.44 bits per heavy atom. The third-order valence-corrected chi connectivity index (χ3v) is 6.53. The fourth-order valence-corrected chi connectivity index (χ4v) is 4.68. The second-order valence-electron chi connectivity index (χ2n) is 7.50. The van der Waals surface area contributed by atoms with Gasteiger partial charge in [-0.2, -0.15) is 11.8 Å². The molecule has 0 saturated heterocycles. The Hall–Kier alpha value is -1.82. The molecule has 1 N–H and O–H groups in total. The van der Waals surface area contributed by atoms with E-state index in [1.54, 1.807) is 36.0 Å². The molecular formula is C21H28N2O3S. The zero-order chi connectivity index (χ0) is 19.2. The second-order valence-corrected chi connectivity index (χ2v) is 8.61. The minimum atomic E-state index is -0.191. The van der Waals surface area contributed by atoms with Gasteiger partial charge in [-0.15, -0.1) is 0 Å². The van der Waals surface area contributed by atoms with Crippen molar-refractivity contribution in [2.75, 3.05) is 18.1 Å². The van der Waals surface area contributed by atoms with Gasteiger partial charge in [0.05, 0.1) is 16.9 Å². The third kappa shape index (κ3) is 4.92. The van der Waals surface area contributed by atoms with Crippen LogP contribution in [-0.4, -0.2) is 46.7 Å². The van der Waals surface area contributed by atoms with Crippen LogP contribution in [0.3, 0.4) is 0 Å². The lowest BCUT2D eigenvalue weighted by molar-refractivity contribution is -0.119. The highest BCUT2D eigenvalue weighted by atomic mass is 32.2. The van der Waals surface area contributed by atoms with Gasteiger partial charge in [-0.3, -0.25) is 19.3 Å². The van der Waals surface area contributed by atoms with E-state index in [-0.39, 0.29) is 17.7 Å². The molecule has 1 aromatic rings. The van der Waals surface area contributed by atoms with Gasteiger partial charge in [-0.25, -0.2) is 0 Å². The van der Waals surface area contributed by atoms with Crippen molar-refractivity contribution in [2.24, 2.45) is 5.92 Å². The number of rotatable bonds is 8. The summed E-state index contributed by atoms with van der Waals surface area (Å²) in [5.74, 6) is 1.66. The number of hydrogen-bond donors (Lipinski definition) is 1. The minimum absolute atomic E-state index is 0.124. The number of thioether (sulfide) groups is 1. The molecule has 0 aromatic heterocycles. The van der Waals surface area contributed by atoms with Gasteiger partial charge in [0.15, 0.2) is 0 Å². The van der Waals surface area contributed by atoms with E-state index in [2.05, 4.69) is 12.2 Å². The Balaban J connectivity index is 1.30. The summed E-state index contributed by atoms with van der Waals surface area (Å²) in [6, 6.07) is 7.31. The number of unbranched alkanes of at least 4 members (excludes halogenated alkanes) is 1. The Bertz CT molecular complexity index is 671. The Labute approximate surface area is 165 Å². The summed E-state index contributed by atoms with van der Waals surface area (Å²) in [6.45, 7) is 2.66. The molecular weight excluding hydrogens is 360 g/mol. The van der Waals surface area contributed by atoms with Crippen LogP contribution in [0.25, 0.3) is 0 Å². The van der Waals surface area contributed by atoms with Gasteiger partial charge in [0.2, 0.25) is 5.91 Å². The molecule has 146 valence electrons. The normalized spacial score (nSPS) is 22.0. The van der Waals surface area contributed by atoms with Crippen LogP contribution >= 0.6 is 11.8 Å². The summed E-state index contributed by atoms with van der Waals surface area (Å²) in [7, 11) is 0. The number of carbonyl (C=O) groups excluding carboxylic acids is 3. The molecule has 1 fully saturated rings. The molecule has 1 heterocycles. The van der Waals surface area contributed by atoms with Crippen molar-refractivity contribution in [1.29, 1.82) is 0 Å². The standard InChI is InChI=1S/C21H28N2O3S/c1-15-8-2-5-11-18(15)22-19(24)14-27-13-7-6-12-23-20(25)16-9-3-4-10-17(16)21(23)26/h3-4,9-10,15,18H,2,5-8,11-14H2,1H3,(H,22,24)/t15-,18-/m1/s1. The average Bonchev–Trinajstić information content (AvgIpc) is 2.91. The lowest BCUT2D eigenvalue weighted by Gasteiger charge is -2.29. The Morgan fingerprint density at radius 1 is 1.11 bits per heavy atom. The van der Waals surface area contributed by atoms with Crippen LogP contribution in [0, 0.1) is 5.92 Å². The maximum absolute atomic E-state index is 12.3. The van der Waals surface area contributed by atoms with E-state index in [0.717, 1.165) is 25.0 Å². The highest BCUT2D eigenvalue weighted by Gasteiger charge is 2.34. The van der Waals surface area contributed by atoms with Gasteiger partial charge in [0.25, 0.3) is 11.8 Å². The first kappa shape index (κ1) is 19.9. The first-order valence-electron chi connectivity index (χ1n) is 9.90. The molecule has 1 saturated carbocycles. The molecule has 0 radical (unpaired) electrons. The first-order chi connectivity index (χ1) is 13.1. The largest absolute Gasteiger partial charge is 0.352 e. The van der Waals surface area contributed by atoms with Crippen LogP contribution in [0.2, 0.25) is 0 Å². The van der Waals surface area contributed by atoms with Crippen LogP contribution < -0.4 is 5.32 Å². The van der Waals surface area contributed by atoms with Crippen LogP contribution in [0.4, 0.5) is 0 Å².